The van der Waals surface area contributed by atoms with Crippen molar-refractivity contribution in [3.05, 3.63) is 119 Å². The predicted molar refractivity (Wildman–Crippen MR) is 188 cm³/mol. The van der Waals surface area contributed by atoms with Crippen molar-refractivity contribution in [3.8, 4) is 11.4 Å². The molecule has 0 aliphatic rings. The first-order chi connectivity index (χ1) is 22.4. The van der Waals surface area contributed by atoms with Crippen LogP contribution in [0.5, 0.6) is 0 Å². The number of carbonyl (C=O) groups is 1. The molecule has 2 unspecified atom stereocenters. The molecule has 7 heteroatoms. The Kier molecular flexibility index (Phi) is 9.15. The zero-order chi connectivity index (χ0) is 32.4. The molecule has 0 saturated heterocycles. The summed E-state index contributed by atoms with van der Waals surface area (Å²) in [6.07, 6.45) is 3.33. The van der Waals surface area contributed by atoms with Crippen LogP contribution in [0.3, 0.4) is 0 Å². The molecule has 2 heterocycles. The SMILES string of the molecule is CCc1nc2cc(C(C)C(=O)C(C)c3ccc4c(c3)nc(CC)n4-c3ccc(CCN)cc3)ccc2n1-c1ccc(CCN)cc1. The fourth-order valence-electron chi connectivity index (χ4n) is 6.54. The van der Waals surface area contributed by atoms with Crippen molar-refractivity contribution < 1.29 is 4.79 Å². The first kappa shape index (κ1) is 31.4. The maximum absolute atomic E-state index is 13.9. The third-order valence-electron chi connectivity index (χ3n) is 9.24. The number of carbonyl (C=O) groups excluding carboxylic acids is 1. The van der Waals surface area contributed by atoms with E-state index in [-0.39, 0.29) is 17.6 Å². The fraction of sp³-hybridized carbons (Fsp3) is 0.308. The normalized spacial score (nSPS) is 13.0. The smallest absolute Gasteiger partial charge is 0.147 e. The van der Waals surface area contributed by atoms with Gasteiger partial charge in [-0.3, -0.25) is 13.9 Å². The molecule has 6 aromatic rings. The summed E-state index contributed by atoms with van der Waals surface area (Å²) in [7, 11) is 0. The lowest BCUT2D eigenvalue weighted by molar-refractivity contribution is -0.121. The number of rotatable bonds is 12. The molecule has 6 rings (SSSR count). The van der Waals surface area contributed by atoms with Crippen molar-refractivity contribution in [2.45, 2.75) is 65.2 Å². The molecular weight excluding hydrogens is 568 g/mol. The minimum atomic E-state index is -0.281. The fourth-order valence-corrected chi connectivity index (χ4v) is 6.54. The second-order valence-electron chi connectivity index (χ2n) is 12.2. The highest BCUT2D eigenvalue weighted by Crippen LogP contribution is 2.32. The average Bonchev–Trinajstić information content (AvgIpc) is 3.65. The van der Waals surface area contributed by atoms with Crippen LogP contribution < -0.4 is 11.5 Å². The van der Waals surface area contributed by atoms with Gasteiger partial charge in [0.15, 0.2) is 0 Å². The lowest BCUT2D eigenvalue weighted by atomic mass is 9.85. The van der Waals surface area contributed by atoms with Crippen molar-refractivity contribution >= 4 is 27.9 Å². The van der Waals surface area contributed by atoms with E-state index in [1.807, 2.05) is 13.8 Å². The van der Waals surface area contributed by atoms with Crippen LogP contribution in [0.1, 0.15) is 73.4 Å². The van der Waals surface area contributed by atoms with Gasteiger partial charge in [0.1, 0.15) is 17.4 Å². The first-order valence-corrected chi connectivity index (χ1v) is 16.5. The lowest BCUT2D eigenvalue weighted by Gasteiger charge is -2.17. The number of hydrogen-bond acceptors (Lipinski definition) is 5. The van der Waals surface area contributed by atoms with E-state index >= 15 is 0 Å². The molecule has 0 aliphatic heterocycles. The Hall–Kier alpha value is -4.59. The highest BCUT2D eigenvalue weighted by molar-refractivity contribution is 5.93. The summed E-state index contributed by atoms with van der Waals surface area (Å²) in [6.45, 7) is 9.52. The van der Waals surface area contributed by atoms with E-state index < -0.39 is 0 Å². The Morgan fingerprint density at radius 3 is 1.37 bits per heavy atom. The van der Waals surface area contributed by atoms with Crippen LogP contribution in [-0.4, -0.2) is 38.0 Å². The highest BCUT2D eigenvalue weighted by atomic mass is 16.1. The molecule has 0 spiro atoms. The molecule has 46 heavy (non-hydrogen) atoms. The molecule has 0 saturated carbocycles. The van der Waals surface area contributed by atoms with Crippen LogP contribution in [0.15, 0.2) is 84.9 Å². The van der Waals surface area contributed by atoms with E-state index in [9.17, 15) is 4.79 Å². The second-order valence-corrected chi connectivity index (χ2v) is 12.2. The predicted octanol–water partition coefficient (Wildman–Crippen LogP) is 6.97. The molecule has 236 valence electrons. The van der Waals surface area contributed by atoms with Crippen LogP contribution in [0.2, 0.25) is 0 Å². The Labute approximate surface area is 271 Å². The number of aromatic nitrogens is 4. The van der Waals surface area contributed by atoms with Crippen molar-refractivity contribution in [1.82, 2.24) is 19.1 Å². The van der Waals surface area contributed by atoms with E-state index in [1.54, 1.807) is 0 Å². The molecule has 0 fully saturated rings. The molecule has 7 nitrogen and oxygen atoms in total. The topological polar surface area (TPSA) is 105 Å². The number of benzene rings is 4. The maximum Gasteiger partial charge on any atom is 0.147 e. The number of ketones is 1. The summed E-state index contributed by atoms with van der Waals surface area (Å²) in [5.41, 5.74) is 22.0. The summed E-state index contributed by atoms with van der Waals surface area (Å²) >= 11 is 0. The van der Waals surface area contributed by atoms with Gasteiger partial charge in [-0.2, -0.15) is 0 Å². The zero-order valence-corrected chi connectivity index (χ0v) is 27.3. The number of nitrogens with zero attached hydrogens (tertiary/aromatic N) is 4. The number of imidazole rings is 2. The van der Waals surface area contributed by atoms with Crippen molar-refractivity contribution in [3.63, 3.8) is 0 Å². The summed E-state index contributed by atoms with van der Waals surface area (Å²) in [5.74, 6) is 1.61. The number of hydrogen-bond donors (Lipinski definition) is 2. The maximum atomic E-state index is 13.9. The van der Waals surface area contributed by atoms with Gasteiger partial charge in [-0.25, -0.2) is 9.97 Å². The monoisotopic (exact) mass is 612 g/mol. The van der Waals surface area contributed by atoms with Crippen molar-refractivity contribution in [2.24, 2.45) is 11.5 Å². The van der Waals surface area contributed by atoms with Crippen LogP contribution in [0, 0.1) is 0 Å². The first-order valence-electron chi connectivity index (χ1n) is 16.5. The summed E-state index contributed by atoms with van der Waals surface area (Å²) in [6, 6.07) is 29.6. The Morgan fingerprint density at radius 1 is 0.630 bits per heavy atom. The van der Waals surface area contributed by atoms with Crippen LogP contribution in [-0.2, 0) is 30.5 Å². The van der Waals surface area contributed by atoms with E-state index in [4.69, 9.17) is 21.4 Å². The van der Waals surface area contributed by atoms with Crippen LogP contribution in [0.4, 0.5) is 0 Å². The second kappa shape index (κ2) is 13.4. The van der Waals surface area contributed by atoms with Gasteiger partial charge >= 0.3 is 0 Å². The van der Waals surface area contributed by atoms with Crippen molar-refractivity contribution in [1.29, 1.82) is 0 Å². The van der Waals surface area contributed by atoms with E-state index in [2.05, 4.69) is 108 Å². The van der Waals surface area contributed by atoms with Gasteiger partial charge in [0.2, 0.25) is 0 Å². The Bertz CT molecular complexity index is 1840. The molecule has 4 aromatic carbocycles. The van der Waals surface area contributed by atoms with Gasteiger partial charge in [-0.05, 0) is 96.7 Å². The largest absolute Gasteiger partial charge is 0.330 e. The zero-order valence-electron chi connectivity index (χ0n) is 27.3. The number of nitrogens with two attached hydrogens (primary N) is 2. The molecule has 0 radical (unpaired) electrons. The molecule has 2 atom stereocenters. The minimum Gasteiger partial charge on any atom is -0.330 e. The van der Waals surface area contributed by atoms with E-state index in [0.717, 1.165) is 81.9 Å². The van der Waals surface area contributed by atoms with Crippen LogP contribution in [0.25, 0.3) is 33.4 Å². The minimum absolute atomic E-state index is 0.176. The quantitative estimate of drug-likeness (QED) is 0.155. The molecular formula is C39H44N6O. The molecule has 2 aromatic heterocycles. The summed E-state index contributed by atoms with van der Waals surface area (Å²) in [5, 5.41) is 0. The van der Waals surface area contributed by atoms with Gasteiger partial charge < -0.3 is 11.5 Å². The molecule has 0 amide bonds. The Balaban J connectivity index is 1.26. The molecule has 4 N–H and O–H groups in total. The van der Waals surface area contributed by atoms with Crippen molar-refractivity contribution in [2.75, 3.05) is 13.1 Å². The van der Waals surface area contributed by atoms with Gasteiger partial charge in [0.05, 0.1) is 22.1 Å². The van der Waals surface area contributed by atoms with Gasteiger partial charge in [0.25, 0.3) is 0 Å². The standard InChI is InChI=1S/C39H44N6O/c1-5-37-42-33-23-29(11-17-35(33)44(37)31-13-7-27(8-14-31)19-21-40)25(3)39(46)26(4)30-12-18-36-34(24-30)43-38(6-2)45(36)32-15-9-28(10-16-32)20-22-41/h7-18,23-26H,5-6,19-22,40-41H2,1-4H3. The summed E-state index contributed by atoms with van der Waals surface area (Å²) in [4.78, 5) is 23.9. The third-order valence-corrected chi connectivity index (χ3v) is 9.24. The van der Waals surface area contributed by atoms with Crippen LogP contribution >= 0.6 is 0 Å². The van der Waals surface area contributed by atoms with Gasteiger partial charge in [-0.15, -0.1) is 0 Å². The molecule has 0 bridgehead atoms. The number of fused-ring (bicyclic) bond motifs is 2. The third kappa shape index (κ3) is 5.88. The van der Waals surface area contributed by atoms with E-state index in [0.29, 0.717) is 13.1 Å². The molecule has 0 aliphatic carbocycles. The lowest BCUT2D eigenvalue weighted by Crippen LogP contribution is -2.16. The van der Waals surface area contributed by atoms with E-state index in [1.165, 1.54) is 11.1 Å². The number of Topliss-reactive ketones (excluding diaryl/α,β-unsaturated/α-hetero) is 1. The van der Waals surface area contributed by atoms with Gasteiger partial charge in [-0.1, -0.05) is 64.1 Å². The Morgan fingerprint density at radius 2 is 1.02 bits per heavy atom. The number of aryl methyl sites for hydroxylation is 2. The van der Waals surface area contributed by atoms with Gasteiger partial charge in [0, 0.05) is 36.1 Å². The average molecular weight is 613 g/mol. The summed E-state index contributed by atoms with van der Waals surface area (Å²) < 4.78 is 4.43. The highest BCUT2D eigenvalue weighted by Gasteiger charge is 2.25.